The van der Waals surface area contributed by atoms with E-state index in [2.05, 4.69) is 42.6 Å². The molecule has 0 bridgehead atoms. The van der Waals surface area contributed by atoms with Crippen LogP contribution < -0.4 is 11.1 Å². The van der Waals surface area contributed by atoms with Crippen LogP contribution in [0.4, 0.5) is 11.6 Å². The van der Waals surface area contributed by atoms with Gasteiger partial charge in [-0.05, 0) is 36.1 Å². The molecule has 37 heavy (non-hydrogen) atoms. The number of hydrogen-bond donors (Lipinski definition) is 2. The molecule has 190 valence electrons. The number of rotatable bonds is 6. The number of anilines is 2. The van der Waals surface area contributed by atoms with Gasteiger partial charge in [0.15, 0.2) is 0 Å². The highest BCUT2D eigenvalue weighted by atomic mass is 16.5. The van der Waals surface area contributed by atoms with E-state index in [9.17, 15) is 4.79 Å². The molecule has 4 aromatic rings. The minimum atomic E-state index is -0.733. The zero-order chi connectivity index (χ0) is 25.4. The minimum absolute atomic E-state index is 0.178. The molecule has 0 saturated carbocycles. The van der Waals surface area contributed by atoms with E-state index in [0.717, 1.165) is 48.5 Å². The fraction of sp³-hybridized carbons (Fsp3) is 0.360. The summed E-state index contributed by atoms with van der Waals surface area (Å²) in [7, 11) is 1.86. The third-order valence-electron chi connectivity index (χ3n) is 6.89. The quantitative estimate of drug-likeness (QED) is 0.401. The third kappa shape index (κ3) is 4.80. The molecule has 0 spiro atoms. The number of hydrogen-bond acceptors (Lipinski definition) is 10. The second kappa shape index (κ2) is 9.71. The number of aryl methyl sites for hydroxylation is 1. The predicted octanol–water partition coefficient (Wildman–Crippen LogP) is 1.88. The van der Waals surface area contributed by atoms with Gasteiger partial charge in [-0.2, -0.15) is 5.10 Å². The number of carbonyl (C=O) groups excluding carboxylic acids is 1. The SMILES string of the molecule is Cn1cc(Nc2nccc(-c3ccc4c(c3)CCN([C@H]3CCOC3)C[C@@H]4c3nnc(C(N)=O)o3)n2)cn1. The van der Waals surface area contributed by atoms with Crippen LogP contribution in [0.25, 0.3) is 11.3 Å². The number of fused-ring (bicyclic) bond motifs is 1. The van der Waals surface area contributed by atoms with Crippen LogP contribution >= 0.6 is 0 Å². The van der Waals surface area contributed by atoms with Crippen LogP contribution in [0.15, 0.2) is 47.3 Å². The summed E-state index contributed by atoms with van der Waals surface area (Å²) in [6.45, 7) is 3.03. The van der Waals surface area contributed by atoms with Crippen molar-refractivity contribution in [2.75, 3.05) is 31.6 Å². The van der Waals surface area contributed by atoms with E-state index in [1.165, 1.54) is 5.56 Å². The van der Waals surface area contributed by atoms with Gasteiger partial charge in [0, 0.05) is 50.7 Å². The summed E-state index contributed by atoms with van der Waals surface area (Å²) in [5.74, 6) is -0.221. The summed E-state index contributed by atoms with van der Waals surface area (Å²) in [5.41, 5.74) is 10.2. The zero-order valence-electron chi connectivity index (χ0n) is 20.4. The van der Waals surface area contributed by atoms with E-state index in [0.29, 0.717) is 31.0 Å². The van der Waals surface area contributed by atoms with Crippen LogP contribution in [0.2, 0.25) is 0 Å². The summed E-state index contributed by atoms with van der Waals surface area (Å²) in [5, 5.41) is 15.4. The molecule has 1 fully saturated rings. The summed E-state index contributed by atoms with van der Waals surface area (Å²) < 4.78 is 13.1. The smallest absolute Gasteiger partial charge is 0.306 e. The first-order valence-electron chi connectivity index (χ1n) is 12.2. The normalized spacial score (nSPS) is 19.9. The highest BCUT2D eigenvalue weighted by Crippen LogP contribution is 2.34. The molecule has 5 heterocycles. The van der Waals surface area contributed by atoms with Crippen LogP contribution in [0.3, 0.4) is 0 Å². The second-order valence-corrected chi connectivity index (χ2v) is 9.33. The lowest BCUT2D eigenvalue weighted by atomic mass is 9.91. The van der Waals surface area contributed by atoms with Crippen LogP contribution in [0.1, 0.15) is 40.0 Å². The van der Waals surface area contributed by atoms with Gasteiger partial charge >= 0.3 is 11.8 Å². The van der Waals surface area contributed by atoms with Crippen molar-refractivity contribution in [2.24, 2.45) is 12.8 Å². The topological polar surface area (TPSA) is 150 Å². The van der Waals surface area contributed by atoms with E-state index in [1.807, 2.05) is 25.4 Å². The number of ether oxygens (including phenoxy) is 1. The first-order chi connectivity index (χ1) is 18.0. The highest BCUT2D eigenvalue weighted by molar-refractivity contribution is 5.87. The van der Waals surface area contributed by atoms with Gasteiger partial charge in [0.05, 0.1) is 30.1 Å². The van der Waals surface area contributed by atoms with Crippen molar-refractivity contribution in [3.63, 3.8) is 0 Å². The van der Waals surface area contributed by atoms with Crippen molar-refractivity contribution in [1.82, 2.24) is 34.8 Å². The number of nitrogens with zero attached hydrogens (tertiary/aromatic N) is 7. The van der Waals surface area contributed by atoms with Crippen molar-refractivity contribution >= 4 is 17.5 Å². The minimum Gasteiger partial charge on any atom is -0.416 e. The second-order valence-electron chi connectivity index (χ2n) is 9.33. The van der Waals surface area contributed by atoms with Crippen molar-refractivity contribution in [3.8, 4) is 11.3 Å². The lowest BCUT2D eigenvalue weighted by Crippen LogP contribution is -2.38. The Bertz CT molecular complexity index is 1430. The van der Waals surface area contributed by atoms with Crippen molar-refractivity contribution < 1.29 is 13.9 Å². The fourth-order valence-electron chi connectivity index (χ4n) is 5.03. The zero-order valence-corrected chi connectivity index (χ0v) is 20.4. The van der Waals surface area contributed by atoms with Crippen LogP contribution in [0, 0.1) is 0 Å². The van der Waals surface area contributed by atoms with E-state index in [-0.39, 0.29) is 11.8 Å². The summed E-state index contributed by atoms with van der Waals surface area (Å²) in [4.78, 5) is 23.1. The van der Waals surface area contributed by atoms with Crippen LogP contribution in [-0.4, -0.2) is 73.1 Å². The first kappa shape index (κ1) is 23.3. The van der Waals surface area contributed by atoms with Gasteiger partial charge in [-0.25, -0.2) is 9.97 Å². The molecule has 0 aliphatic carbocycles. The average Bonchev–Trinajstić information content (AvgIpc) is 3.66. The van der Waals surface area contributed by atoms with E-state index in [1.54, 1.807) is 17.1 Å². The van der Waals surface area contributed by atoms with Gasteiger partial charge in [0.2, 0.25) is 11.8 Å². The molecule has 12 nitrogen and oxygen atoms in total. The Balaban J connectivity index is 1.33. The molecule has 3 N–H and O–H groups in total. The maximum Gasteiger partial charge on any atom is 0.306 e. The summed E-state index contributed by atoms with van der Waals surface area (Å²) >= 11 is 0. The number of nitrogens with one attached hydrogen (secondary N) is 1. The molecular formula is C25H27N9O3. The lowest BCUT2D eigenvalue weighted by molar-refractivity contribution is 0.0964. The summed E-state index contributed by atoms with van der Waals surface area (Å²) in [6.07, 6.45) is 7.15. The Kier molecular flexibility index (Phi) is 6.10. The highest BCUT2D eigenvalue weighted by Gasteiger charge is 2.33. The maximum atomic E-state index is 11.6. The molecule has 1 amide bonds. The largest absolute Gasteiger partial charge is 0.416 e. The van der Waals surface area contributed by atoms with Crippen LogP contribution in [0.5, 0.6) is 0 Å². The molecule has 0 radical (unpaired) electrons. The Morgan fingerprint density at radius 3 is 2.92 bits per heavy atom. The number of nitrogens with two attached hydrogens (primary N) is 1. The Morgan fingerprint density at radius 1 is 1.24 bits per heavy atom. The predicted molar refractivity (Wildman–Crippen MR) is 133 cm³/mol. The van der Waals surface area contributed by atoms with Gasteiger partial charge in [0.25, 0.3) is 0 Å². The Labute approximate surface area is 212 Å². The van der Waals surface area contributed by atoms with Gasteiger partial charge in [-0.15, -0.1) is 10.2 Å². The van der Waals surface area contributed by atoms with E-state index in [4.69, 9.17) is 19.9 Å². The fourth-order valence-corrected chi connectivity index (χ4v) is 5.03. The monoisotopic (exact) mass is 501 g/mol. The molecule has 6 rings (SSSR count). The van der Waals surface area contributed by atoms with Crippen LogP contribution in [-0.2, 0) is 18.2 Å². The van der Waals surface area contributed by atoms with Gasteiger partial charge in [-0.1, -0.05) is 12.1 Å². The molecule has 1 saturated heterocycles. The Hall–Kier alpha value is -4.16. The molecule has 3 aromatic heterocycles. The Morgan fingerprint density at radius 2 is 2.16 bits per heavy atom. The number of aromatic nitrogens is 6. The van der Waals surface area contributed by atoms with Crippen molar-refractivity contribution in [3.05, 3.63) is 65.8 Å². The standard InChI is InChI=1S/C25H27N9O3/c1-33-12-17(11-28-33)29-25-27-7-4-21(30-25)16-2-3-19-15(10-16)5-8-34(18-6-9-36-14-18)13-20(19)23-31-32-24(37-23)22(26)35/h2-4,7,10-12,18,20H,5-6,8-9,13-14H2,1H3,(H2,26,35)(H,27,29,30)/t18-,20-/m0/s1. The molecular weight excluding hydrogens is 474 g/mol. The van der Waals surface area contributed by atoms with E-state index < -0.39 is 5.91 Å². The first-order valence-corrected chi connectivity index (χ1v) is 12.2. The van der Waals surface area contributed by atoms with E-state index >= 15 is 0 Å². The maximum absolute atomic E-state index is 11.6. The number of primary amides is 1. The molecule has 2 aliphatic rings. The molecule has 12 heteroatoms. The average molecular weight is 502 g/mol. The number of amides is 1. The van der Waals surface area contributed by atoms with Gasteiger partial charge in [-0.3, -0.25) is 14.4 Å². The van der Waals surface area contributed by atoms with Crippen molar-refractivity contribution in [2.45, 2.75) is 24.8 Å². The van der Waals surface area contributed by atoms with Gasteiger partial charge in [0.1, 0.15) is 0 Å². The number of carbonyl (C=O) groups is 1. The van der Waals surface area contributed by atoms with Gasteiger partial charge < -0.3 is 20.2 Å². The lowest BCUT2D eigenvalue weighted by Gasteiger charge is -2.28. The molecule has 2 aliphatic heterocycles. The molecule has 1 aromatic carbocycles. The molecule has 0 unspecified atom stereocenters. The number of benzene rings is 1. The summed E-state index contributed by atoms with van der Waals surface area (Å²) in [6, 6.07) is 8.52. The third-order valence-corrected chi connectivity index (χ3v) is 6.89. The molecule has 2 atom stereocenters. The van der Waals surface area contributed by atoms with Crippen molar-refractivity contribution in [1.29, 1.82) is 0 Å².